The largest absolute Gasteiger partial charge is 0.484 e. The number of aryl methyl sites for hydroxylation is 2. The van der Waals surface area contributed by atoms with E-state index in [1.54, 1.807) is 15.9 Å². The van der Waals surface area contributed by atoms with E-state index in [4.69, 9.17) is 16.3 Å². The lowest BCUT2D eigenvalue weighted by atomic mass is 10.2. The molecule has 0 aliphatic carbocycles. The van der Waals surface area contributed by atoms with Crippen LogP contribution in [0.1, 0.15) is 11.1 Å². The van der Waals surface area contributed by atoms with Crippen molar-refractivity contribution in [2.24, 2.45) is 0 Å². The monoisotopic (exact) mass is 401 g/mol. The van der Waals surface area contributed by atoms with E-state index in [-0.39, 0.29) is 18.5 Å². The van der Waals surface area contributed by atoms with Crippen LogP contribution in [0.4, 0.5) is 10.5 Å². The van der Waals surface area contributed by atoms with Gasteiger partial charge in [0.2, 0.25) is 0 Å². The summed E-state index contributed by atoms with van der Waals surface area (Å²) in [4.78, 5) is 28.2. The Kier molecular flexibility index (Phi) is 6.41. The van der Waals surface area contributed by atoms with Crippen LogP contribution >= 0.6 is 11.6 Å². The second-order valence-corrected chi connectivity index (χ2v) is 7.22. The number of halogens is 1. The Labute approximate surface area is 170 Å². The number of hydrogen-bond donors (Lipinski definition) is 1. The van der Waals surface area contributed by atoms with Crippen LogP contribution in [-0.4, -0.2) is 54.5 Å². The van der Waals surface area contributed by atoms with Gasteiger partial charge in [-0.05, 0) is 43.2 Å². The standard InChI is InChI=1S/C21H24ClN3O3/c1-15-7-8-17(13-18(15)22)23-21(27)25-11-9-24(10-12-25)20(26)14-28-19-6-4-3-5-16(19)2/h3-8,13H,9-12,14H2,1-2H3,(H,23,27). The molecule has 0 atom stereocenters. The number of hydrogen-bond acceptors (Lipinski definition) is 3. The van der Waals surface area contributed by atoms with Crippen molar-refractivity contribution in [2.75, 3.05) is 38.1 Å². The number of ether oxygens (including phenoxy) is 1. The summed E-state index contributed by atoms with van der Waals surface area (Å²) in [5, 5.41) is 3.46. The van der Waals surface area contributed by atoms with Crippen LogP contribution in [0.25, 0.3) is 0 Å². The SMILES string of the molecule is Cc1ccc(NC(=O)N2CCN(C(=O)COc3ccccc3C)CC2)cc1Cl. The molecule has 0 spiro atoms. The van der Waals surface area contributed by atoms with Gasteiger partial charge in [-0.2, -0.15) is 0 Å². The first kappa shape index (κ1) is 20.0. The molecular weight excluding hydrogens is 378 g/mol. The van der Waals surface area contributed by atoms with E-state index in [9.17, 15) is 9.59 Å². The Morgan fingerprint density at radius 2 is 1.68 bits per heavy atom. The molecule has 0 saturated carbocycles. The highest BCUT2D eigenvalue weighted by atomic mass is 35.5. The minimum atomic E-state index is -0.192. The quantitative estimate of drug-likeness (QED) is 0.849. The average Bonchev–Trinajstić information content (AvgIpc) is 2.70. The topological polar surface area (TPSA) is 61.9 Å². The maximum absolute atomic E-state index is 12.4. The molecule has 28 heavy (non-hydrogen) atoms. The molecule has 1 heterocycles. The number of anilines is 1. The third kappa shape index (κ3) is 4.95. The average molecular weight is 402 g/mol. The second-order valence-electron chi connectivity index (χ2n) is 6.82. The van der Waals surface area contributed by atoms with E-state index in [1.165, 1.54) is 0 Å². The maximum Gasteiger partial charge on any atom is 0.321 e. The van der Waals surface area contributed by atoms with Crippen molar-refractivity contribution in [1.82, 2.24) is 9.80 Å². The summed E-state index contributed by atoms with van der Waals surface area (Å²) < 4.78 is 5.63. The summed E-state index contributed by atoms with van der Waals surface area (Å²) in [7, 11) is 0. The third-order valence-corrected chi connectivity index (χ3v) is 5.19. The summed E-state index contributed by atoms with van der Waals surface area (Å²) in [6, 6.07) is 12.8. The minimum Gasteiger partial charge on any atom is -0.484 e. The van der Waals surface area contributed by atoms with Gasteiger partial charge in [0.15, 0.2) is 6.61 Å². The number of benzene rings is 2. The first-order valence-electron chi connectivity index (χ1n) is 9.22. The van der Waals surface area contributed by atoms with Crippen LogP contribution in [-0.2, 0) is 4.79 Å². The number of piperazine rings is 1. The molecule has 0 bridgehead atoms. The fraction of sp³-hybridized carbons (Fsp3) is 0.333. The lowest BCUT2D eigenvalue weighted by Gasteiger charge is -2.34. The van der Waals surface area contributed by atoms with Crippen LogP contribution < -0.4 is 10.1 Å². The van der Waals surface area contributed by atoms with Crippen molar-refractivity contribution in [3.8, 4) is 5.75 Å². The number of amides is 3. The fourth-order valence-corrected chi connectivity index (χ4v) is 3.16. The summed E-state index contributed by atoms with van der Waals surface area (Å²) in [5.41, 5.74) is 2.61. The number of nitrogens with zero attached hydrogens (tertiary/aromatic N) is 2. The smallest absolute Gasteiger partial charge is 0.321 e. The molecule has 1 aliphatic rings. The molecule has 1 fully saturated rings. The van der Waals surface area contributed by atoms with Gasteiger partial charge in [-0.3, -0.25) is 4.79 Å². The minimum absolute atomic E-state index is 0.00108. The van der Waals surface area contributed by atoms with Crippen molar-refractivity contribution in [3.05, 3.63) is 58.6 Å². The highest BCUT2D eigenvalue weighted by molar-refractivity contribution is 6.31. The predicted octanol–water partition coefficient (Wildman–Crippen LogP) is 3.71. The highest BCUT2D eigenvalue weighted by Gasteiger charge is 2.24. The van der Waals surface area contributed by atoms with Gasteiger partial charge >= 0.3 is 6.03 Å². The first-order chi connectivity index (χ1) is 13.4. The van der Waals surface area contributed by atoms with E-state index in [2.05, 4.69) is 5.32 Å². The summed E-state index contributed by atoms with van der Waals surface area (Å²) in [5.74, 6) is 0.638. The molecule has 7 heteroatoms. The molecule has 1 aliphatic heterocycles. The van der Waals surface area contributed by atoms with E-state index >= 15 is 0 Å². The van der Waals surface area contributed by atoms with Gasteiger partial charge in [0.05, 0.1) is 0 Å². The van der Waals surface area contributed by atoms with Gasteiger partial charge in [0, 0.05) is 36.9 Å². The molecular formula is C21H24ClN3O3. The lowest BCUT2D eigenvalue weighted by Crippen LogP contribution is -2.52. The van der Waals surface area contributed by atoms with Gasteiger partial charge in [0.25, 0.3) is 5.91 Å². The number of urea groups is 1. The predicted molar refractivity (Wildman–Crippen MR) is 110 cm³/mol. The number of nitrogens with one attached hydrogen (secondary N) is 1. The lowest BCUT2D eigenvalue weighted by molar-refractivity contribution is -0.134. The number of carbonyl (C=O) groups is 2. The van der Waals surface area contributed by atoms with E-state index in [0.29, 0.717) is 42.6 Å². The van der Waals surface area contributed by atoms with Crippen LogP contribution in [0.5, 0.6) is 5.75 Å². The molecule has 6 nitrogen and oxygen atoms in total. The number of para-hydroxylation sites is 1. The first-order valence-corrected chi connectivity index (χ1v) is 9.60. The fourth-order valence-electron chi connectivity index (χ4n) is 2.98. The summed E-state index contributed by atoms with van der Waals surface area (Å²) >= 11 is 6.10. The van der Waals surface area contributed by atoms with Gasteiger partial charge in [-0.1, -0.05) is 35.9 Å². The molecule has 2 aromatic carbocycles. The van der Waals surface area contributed by atoms with Crippen LogP contribution in [0.2, 0.25) is 5.02 Å². The van der Waals surface area contributed by atoms with E-state index < -0.39 is 0 Å². The third-order valence-electron chi connectivity index (χ3n) is 4.79. The molecule has 0 unspecified atom stereocenters. The Balaban J connectivity index is 1.46. The van der Waals surface area contributed by atoms with Gasteiger partial charge in [-0.15, -0.1) is 0 Å². The number of rotatable bonds is 4. The summed E-state index contributed by atoms with van der Waals surface area (Å²) in [6.45, 7) is 5.77. The Morgan fingerprint density at radius 3 is 2.36 bits per heavy atom. The summed E-state index contributed by atoms with van der Waals surface area (Å²) in [6.07, 6.45) is 0. The van der Waals surface area contributed by atoms with Crippen molar-refractivity contribution >= 4 is 29.2 Å². The Bertz CT molecular complexity index is 864. The molecule has 3 rings (SSSR count). The molecule has 1 N–H and O–H groups in total. The maximum atomic E-state index is 12.4. The van der Waals surface area contributed by atoms with Crippen LogP contribution in [0.3, 0.4) is 0 Å². The van der Waals surface area contributed by atoms with Gasteiger partial charge < -0.3 is 19.9 Å². The second kappa shape index (κ2) is 8.97. The molecule has 1 saturated heterocycles. The molecule has 3 amide bonds. The molecule has 0 radical (unpaired) electrons. The van der Waals surface area contributed by atoms with Crippen LogP contribution in [0.15, 0.2) is 42.5 Å². The Morgan fingerprint density at radius 1 is 1.00 bits per heavy atom. The molecule has 0 aromatic heterocycles. The zero-order chi connectivity index (χ0) is 20.1. The number of carbonyl (C=O) groups excluding carboxylic acids is 2. The van der Waals surface area contributed by atoms with Gasteiger partial charge in [0.1, 0.15) is 5.75 Å². The zero-order valence-corrected chi connectivity index (χ0v) is 16.8. The molecule has 2 aromatic rings. The van der Waals surface area contributed by atoms with Crippen LogP contribution in [0, 0.1) is 13.8 Å². The van der Waals surface area contributed by atoms with Crippen molar-refractivity contribution < 1.29 is 14.3 Å². The Hall–Kier alpha value is -2.73. The van der Waals surface area contributed by atoms with E-state index in [0.717, 1.165) is 11.1 Å². The zero-order valence-electron chi connectivity index (χ0n) is 16.1. The van der Waals surface area contributed by atoms with Crippen molar-refractivity contribution in [1.29, 1.82) is 0 Å². The van der Waals surface area contributed by atoms with Gasteiger partial charge in [-0.25, -0.2) is 4.79 Å². The van der Waals surface area contributed by atoms with E-state index in [1.807, 2.05) is 50.2 Å². The van der Waals surface area contributed by atoms with Crippen molar-refractivity contribution in [2.45, 2.75) is 13.8 Å². The van der Waals surface area contributed by atoms with Crippen molar-refractivity contribution in [3.63, 3.8) is 0 Å². The normalized spacial score (nSPS) is 14.0. The highest BCUT2D eigenvalue weighted by Crippen LogP contribution is 2.20. The molecule has 148 valence electrons.